The highest BCUT2D eigenvalue weighted by molar-refractivity contribution is 5.97. The Morgan fingerprint density at radius 2 is 1.75 bits per heavy atom. The van der Waals surface area contributed by atoms with E-state index in [0.717, 1.165) is 44.7 Å². The van der Waals surface area contributed by atoms with E-state index in [4.69, 9.17) is 10.5 Å². The summed E-state index contributed by atoms with van der Waals surface area (Å²) in [6, 6.07) is 3.42. The number of hydrogen-bond acceptors (Lipinski definition) is 8. The van der Waals surface area contributed by atoms with Crippen molar-refractivity contribution in [1.29, 1.82) is 0 Å². The molecule has 2 aromatic rings. The largest absolute Gasteiger partial charge is 0.384 e. The molecule has 11 heteroatoms. The minimum atomic E-state index is -0.485. The van der Waals surface area contributed by atoms with Gasteiger partial charge in [-0.15, -0.1) is 10.2 Å². The van der Waals surface area contributed by atoms with Gasteiger partial charge >= 0.3 is 0 Å². The number of nitrogens with two attached hydrogens (primary N) is 1. The number of primary amides is 1. The maximum Gasteiger partial charge on any atom is 0.291 e. The molecular weight excluding hydrogens is 460 g/mol. The van der Waals surface area contributed by atoms with Gasteiger partial charge in [-0.05, 0) is 43.2 Å². The first kappa shape index (κ1) is 25.9. The van der Waals surface area contributed by atoms with Crippen LogP contribution in [0.5, 0.6) is 0 Å². The topological polar surface area (TPSA) is 123 Å². The second-order valence-electron chi connectivity index (χ2n) is 10.4. The van der Waals surface area contributed by atoms with Gasteiger partial charge in [-0.25, -0.2) is 4.98 Å². The van der Waals surface area contributed by atoms with Gasteiger partial charge in [0.2, 0.25) is 11.8 Å². The number of rotatable bonds is 10. The second-order valence-corrected chi connectivity index (χ2v) is 10.4. The van der Waals surface area contributed by atoms with Crippen molar-refractivity contribution in [1.82, 2.24) is 24.6 Å². The van der Waals surface area contributed by atoms with Crippen molar-refractivity contribution in [2.45, 2.75) is 46.1 Å². The SMILES string of the molecule is COCC(C)(C)CCCn1c(C(=O)N2CCCC2)nnc1N1CCN(c2ncccc2C(N)=O)CC1. The minimum absolute atomic E-state index is 0.0411. The van der Waals surface area contributed by atoms with Gasteiger partial charge in [0.25, 0.3) is 11.8 Å². The molecule has 2 saturated heterocycles. The van der Waals surface area contributed by atoms with Crippen molar-refractivity contribution in [3.63, 3.8) is 0 Å². The summed E-state index contributed by atoms with van der Waals surface area (Å²) in [6.07, 6.45) is 5.57. The third kappa shape index (κ3) is 5.77. The molecule has 0 bridgehead atoms. The Balaban J connectivity index is 1.51. The summed E-state index contributed by atoms with van der Waals surface area (Å²) in [6.45, 7) is 9.91. The van der Waals surface area contributed by atoms with Gasteiger partial charge in [-0.2, -0.15) is 0 Å². The molecule has 2 fully saturated rings. The molecule has 0 unspecified atom stereocenters. The molecule has 2 aliphatic heterocycles. The highest BCUT2D eigenvalue weighted by atomic mass is 16.5. The van der Waals surface area contributed by atoms with Crippen molar-refractivity contribution < 1.29 is 14.3 Å². The van der Waals surface area contributed by atoms with Gasteiger partial charge in [0.15, 0.2) is 0 Å². The van der Waals surface area contributed by atoms with E-state index in [1.807, 2.05) is 9.47 Å². The van der Waals surface area contributed by atoms with Crippen LogP contribution in [-0.4, -0.2) is 89.4 Å². The number of carbonyl (C=O) groups excluding carboxylic acids is 2. The molecule has 0 atom stereocenters. The fourth-order valence-electron chi connectivity index (χ4n) is 5.09. The van der Waals surface area contributed by atoms with Gasteiger partial charge in [-0.1, -0.05) is 13.8 Å². The minimum Gasteiger partial charge on any atom is -0.384 e. The zero-order chi connectivity index (χ0) is 25.7. The number of anilines is 2. The number of likely N-dealkylation sites (tertiary alicyclic amines) is 1. The Morgan fingerprint density at radius 1 is 1.06 bits per heavy atom. The fourth-order valence-corrected chi connectivity index (χ4v) is 5.09. The Kier molecular flexibility index (Phi) is 8.07. The van der Waals surface area contributed by atoms with Crippen molar-refractivity contribution in [2.75, 3.05) is 62.8 Å². The van der Waals surface area contributed by atoms with Crippen molar-refractivity contribution in [2.24, 2.45) is 11.1 Å². The normalized spacial score (nSPS) is 16.6. The summed E-state index contributed by atoms with van der Waals surface area (Å²) in [5, 5.41) is 8.86. The highest BCUT2D eigenvalue weighted by Gasteiger charge is 2.30. The number of amides is 2. The number of ether oxygens (including phenoxy) is 1. The predicted octanol–water partition coefficient (Wildman–Crippen LogP) is 1.79. The summed E-state index contributed by atoms with van der Waals surface area (Å²) in [5.41, 5.74) is 6.03. The van der Waals surface area contributed by atoms with Crippen LogP contribution >= 0.6 is 0 Å². The summed E-state index contributed by atoms with van der Waals surface area (Å²) in [5.74, 6) is 1.22. The molecule has 0 aliphatic carbocycles. The molecule has 2 amide bonds. The van der Waals surface area contributed by atoms with Gasteiger partial charge in [0, 0.05) is 59.1 Å². The van der Waals surface area contributed by atoms with Crippen LogP contribution in [0.4, 0.5) is 11.8 Å². The zero-order valence-electron chi connectivity index (χ0n) is 21.6. The first-order chi connectivity index (χ1) is 17.3. The van der Waals surface area contributed by atoms with E-state index in [9.17, 15) is 9.59 Å². The van der Waals surface area contributed by atoms with Gasteiger partial charge in [0.1, 0.15) is 5.82 Å². The summed E-state index contributed by atoms with van der Waals surface area (Å²) in [4.78, 5) is 35.6. The first-order valence-electron chi connectivity index (χ1n) is 12.8. The molecule has 4 rings (SSSR count). The molecule has 2 N–H and O–H groups in total. The maximum absolute atomic E-state index is 13.3. The molecule has 0 spiro atoms. The molecule has 2 aromatic heterocycles. The van der Waals surface area contributed by atoms with Crippen molar-refractivity contribution in [3.05, 3.63) is 29.7 Å². The third-order valence-electron chi connectivity index (χ3n) is 7.00. The number of methoxy groups -OCH3 is 1. The average molecular weight is 499 g/mol. The monoisotopic (exact) mass is 498 g/mol. The lowest BCUT2D eigenvalue weighted by atomic mass is 9.89. The quantitative estimate of drug-likeness (QED) is 0.526. The Bertz CT molecular complexity index is 1060. The molecule has 11 nitrogen and oxygen atoms in total. The van der Waals surface area contributed by atoms with Crippen LogP contribution in [0.25, 0.3) is 0 Å². The van der Waals surface area contributed by atoms with Crippen LogP contribution in [0.15, 0.2) is 18.3 Å². The molecule has 36 heavy (non-hydrogen) atoms. The average Bonchev–Trinajstić information content (AvgIpc) is 3.54. The van der Waals surface area contributed by atoms with Gasteiger partial charge < -0.3 is 25.2 Å². The summed E-state index contributed by atoms with van der Waals surface area (Å²) in [7, 11) is 1.73. The van der Waals surface area contributed by atoms with Gasteiger partial charge in [0.05, 0.1) is 12.2 Å². The number of nitrogens with zero attached hydrogens (tertiary/aromatic N) is 7. The van der Waals surface area contributed by atoms with Crippen LogP contribution in [0.3, 0.4) is 0 Å². The second kappa shape index (κ2) is 11.2. The summed E-state index contributed by atoms with van der Waals surface area (Å²) < 4.78 is 7.37. The predicted molar refractivity (Wildman–Crippen MR) is 137 cm³/mol. The Labute approximate surface area is 212 Å². The van der Waals surface area contributed by atoms with E-state index < -0.39 is 5.91 Å². The smallest absolute Gasteiger partial charge is 0.291 e. The number of carbonyl (C=O) groups is 2. The van der Waals surface area contributed by atoms with Crippen molar-refractivity contribution >= 4 is 23.6 Å². The summed E-state index contributed by atoms with van der Waals surface area (Å²) >= 11 is 0. The lowest BCUT2D eigenvalue weighted by Gasteiger charge is -2.36. The molecule has 0 aromatic carbocycles. The van der Waals surface area contributed by atoms with Crippen LogP contribution < -0.4 is 15.5 Å². The molecular formula is C25H38N8O3. The zero-order valence-corrected chi connectivity index (χ0v) is 21.6. The van der Waals surface area contributed by atoms with E-state index in [1.165, 1.54) is 0 Å². The molecule has 0 radical (unpaired) electrons. The van der Waals surface area contributed by atoms with E-state index in [0.29, 0.717) is 56.5 Å². The number of hydrogen-bond donors (Lipinski definition) is 1. The van der Waals surface area contributed by atoms with E-state index in [2.05, 4.69) is 38.8 Å². The standard InChI is InChI=1S/C25H38N8O3/c1-25(2,18-36-3)9-7-13-33-22(23(35)31-11-4-5-12-31)28-29-24(33)32-16-14-30(15-17-32)21-19(20(26)34)8-6-10-27-21/h6,8,10H,4-5,7,9,11-18H2,1-3H3,(H2,26,34). The van der Waals surface area contributed by atoms with Crippen LogP contribution in [-0.2, 0) is 11.3 Å². The lowest BCUT2D eigenvalue weighted by Crippen LogP contribution is -2.48. The van der Waals surface area contributed by atoms with Crippen LogP contribution in [0.1, 0.15) is 60.5 Å². The lowest BCUT2D eigenvalue weighted by molar-refractivity contribution is 0.0773. The molecule has 2 aliphatic rings. The number of pyridine rings is 1. The van der Waals surface area contributed by atoms with E-state index in [-0.39, 0.29) is 11.3 Å². The van der Waals surface area contributed by atoms with Gasteiger partial charge in [-0.3, -0.25) is 14.2 Å². The van der Waals surface area contributed by atoms with E-state index >= 15 is 0 Å². The van der Waals surface area contributed by atoms with Crippen LogP contribution in [0.2, 0.25) is 0 Å². The Hall–Kier alpha value is -3.21. The molecule has 0 saturated carbocycles. The highest BCUT2D eigenvalue weighted by Crippen LogP contribution is 2.26. The van der Waals surface area contributed by atoms with E-state index in [1.54, 1.807) is 25.4 Å². The molecule has 4 heterocycles. The third-order valence-corrected chi connectivity index (χ3v) is 7.00. The van der Waals surface area contributed by atoms with Crippen molar-refractivity contribution in [3.8, 4) is 0 Å². The number of piperazine rings is 1. The molecule has 196 valence electrons. The number of aromatic nitrogens is 4. The first-order valence-corrected chi connectivity index (χ1v) is 12.8. The fraction of sp³-hybridized carbons (Fsp3) is 0.640. The maximum atomic E-state index is 13.3. The van der Waals surface area contributed by atoms with Crippen LogP contribution in [0, 0.1) is 5.41 Å². The Morgan fingerprint density at radius 3 is 2.42 bits per heavy atom.